The number of nitrogens with zero attached hydrogens (tertiary/aromatic N) is 5. The molecule has 1 N–H and O–H groups in total. The second-order valence-electron chi connectivity index (χ2n) is 5.98. The quantitative estimate of drug-likeness (QED) is 0.711. The summed E-state index contributed by atoms with van der Waals surface area (Å²) < 4.78 is 12.1. The number of rotatable bonds is 7. The van der Waals surface area contributed by atoms with Crippen LogP contribution in [0.25, 0.3) is 5.65 Å². The van der Waals surface area contributed by atoms with Gasteiger partial charge in [0.15, 0.2) is 11.5 Å². The Morgan fingerprint density at radius 3 is 2.88 bits per heavy atom. The smallest absolute Gasteiger partial charge is 0.245 e. The fourth-order valence-electron chi connectivity index (χ4n) is 2.35. The Labute approximate surface area is 140 Å². The number of fused-ring (bicyclic) bond motifs is 1. The van der Waals surface area contributed by atoms with Crippen molar-refractivity contribution in [1.82, 2.24) is 24.7 Å². The maximum atomic E-state index is 5.25. The van der Waals surface area contributed by atoms with E-state index in [9.17, 15) is 0 Å². The number of ether oxygens (including phenoxy) is 1. The number of hydrogen-bond acceptors (Lipinski definition) is 7. The molecule has 0 aliphatic rings. The van der Waals surface area contributed by atoms with Gasteiger partial charge in [-0.25, -0.2) is 4.98 Å². The third-order valence-corrected chi connectivity index (χ3v) is 3.62. The van der Waals surface area contributed by atoms with Gasteiger partial charge >= 0.3 is 0 Å². The van der Waals surface area contributed by atoms with Crippen molar-refractivity contribution in [2.24, 2.45) is 0 Å². The summed E-state index contributed by atoms with van der Waals surface area (Å²) in [5.74, 6) is 2.36. The van der Waals surface area contributed by atoms with Gasteiger partial charge in [0, 0.05) is 31.4 Å². The van der Waals surface area contributed by atoms with Crippen molar-refractivity contribution in [2.45, 2.75) is 39.7 Å². The van der Waals surface area contributed by atoms with Gasteiger partial charge in [0.2, 0.25) is 5.89 Å². The molecule has 3 aromatic heterocycles. The average Bonchev–Trinajstić information content (AvgIpc) is 3.15. The van der Waals surface area contributed by atoms with Crippen LogP contribution in [0, 0.1) is 6.92 Å². The Bertz CT molecular complexity index is 823. The lowest BCUT2D eigenvalue weighted by atomic mass is 10.1. The first-order valence-electron chi connectivity index (χ1n) is 7.98. The molecule has 0 amide bonds. The Balaban J connectivity index is 1.80. The van der Waals surface area contributed by atoms with Crippen LogP contribution in [0.15, 0.2) is 16.7 Å². The van der Waals surface area contributed by atoms with Gasteiger partial charge in [0.1, 0.15) is 5.82 Å². The molecule has 3 heterocycles. The molecule has 0 saturated carbocycles. The lowest BCUT2D eigenvalue weighted by Gasteiger charge is -2.10. The molecule has 8 nitrogen and oxygen atoms in total. The predicted octanol–water partition coefficient (Wildman–Crippen LogP) is 2.35. The minimum atomic E-state index is 0.329. The summed E-state index contributed by atoms with van der Waals surface area (Å²) >= 11 is 0. The molecule has 0 saturated heterocycles. The van der Waals surface area contributed by atoms with Gasteiger partial charge < -0.3 is 14.6 Å². The van der Waals surface area contributed by atoms with Crippen molar-refractivity contribution in [1.29, 1.82) is 0 Å². The van der Waals surface area contributed by atoms with Gasteiger partial charge in [0.05, 0.1) is 18.8 Å². The molecule has 0 atom stereocenters. The summed E-state index contributed by atoms with van der Waals surface area (Å²) in [7, 11) is 1.65. The molecule has 128 valence electrons. The summed E-state index contributed by atoms with van der Waals surface area (Å²) in [6, 6.07) is 3.97. The Morgan fingerprint density at radius 1 is 1.29 bits per heavy atom. The third kappa shape index (κ3) is 3.53. The van der Waals surface area contributed by atoms with Crippen LogP contribution in [0.4, 0.5) is 5.82 Å². The summed E-state index contributed by atoms with van der Waals surface area (Å²) in [4.78, 5) is 8.98. The standard InChI is InChI=1S/C16H22N6O2/c1-10(2)12-8-14(22-15(18-12)7-11(3)20-22)17-9-16-19-13(21-24-16)5-6-23-4/h7-8,10,17H,5-6,9H2,1-4H3. The lowest BCUT2D eigenvalue weighted by molar-refractivity contribution is 0.199. The van der Waals surface area contributed by atoms with Gasteiger partial charge in [-0.3, -0.25) is 0 Å². The molecule has 24 heavy (non-hydrogen) atoms. The molecule has 0 bridgehead atoms. The molecule has 3 rings (SSSR count). The van der Waals surface area contributed by atoms with Gasteiger partial charge in [0.25, 0.3) is 0 Å². The number of nitrogens with one attached hydrogen (secondary N) is 1. The second-order valence-corrected chi connectivity index (χ2v) is 5.98. The zero-order chi connectivity index (χ0) is 17.1. The van der Waals surface area contributed by atoms with Crippen molar-refractivity contribution < 1.29 is 9.26 Å². The maximum absolute atomic E-state index is 5.25. The molecule has 0 aromatic carbocycles. The van der Waals surface area contributed by atoms with Crippen LogP contribution >= 0.6 is 0 Å². The van der Waals surface area contributed by atoms with Crippen molar-refractivity contribution in [3.8, 4) is 0 Å². The molecular formula is C16H22N6O2. The summed E-state index contributed by atoms with van der Waals surface area (Å²) in [6.45, 7) is 7.18. The number of anilines is 1. The molecule has 0 radical (unpaired) electrons. The van der Waals surface area contributed by atoms with Gasteiger partial charge in [-0.15, -0.1) is 0 Å². The van der Waals surface area contributed by atoms with E-state index in [4.69, 9.17) is 9.26 Å². The monoisotopic (exact) mass is 330 g/mol. The zero-order valence-electron chi connectivity index (χ0n) is 14.4. The second kappa shape index (κ2) is 6.96. The van der Waals surface area contributed by atoms with E-state index in [1.54, 1.807) is 11.6 Å². The summed E-state index contributed by atoms with van der Waals surface area (Å²) in [5.41, 5.74) is 2.76. The molecule has 0 aliphatic carbocycles. The Morgan fingerprint density at radius 2 is 2.12 bits per heavy atom. The molecular weight excluding hydrogens is 308 g/mol. The van der Waals surface area contributed by atoms with Gasteiger partial charge in [-0.1, -0.05) is 19.0 Å². The number of aryl methyl sites for hydroxylation is 1. The van der Waals surface area contributed by atoms with E-state index in [1.807, 2.05) is 19.1 Å². The lowest BCUT2D eigenvalue weighted by Crippen LogP contribution is -2.08. The highest BCUT2D eigenvalue weighted by Gasteiger charge is 2.12. The predicted molar refractivity (Wildman–Crippen MR) is 89.0 cm³/mol. The van der Waals surface area contributed by atoms with E-state index < -0.39 is 0 Å². The van der Waals surface area contributed by atoms with Crippen molar-refractivity contribution in [3.05, 3.63) is 35.2 Å². The topological polar surface area (TPSA) is 90.4 Å². The maximum Gasteiger partial charge on any atom is 0.245 e. The first-order chi connectivity index (χ1) is 11.6. The molecule has 0 fully saturated rings. The van der Waals surface area contributed by atoms with Crippen LogP contribution in [0.5, 0.6) is 0 Å². The molecule has 8 heteroatoms. The van der Waals surface area contributed by atoms with E-state index in [2.05, 4.69) is 39.4 Å². The van der Waals surface area contributed by atoms with E-state index in [-0.39, 0.29) is 0 Å². The number of aromatic nitrogens is 5. The van der Waals surface area contributed by atoms with E-state index >= 15 is 0 Å². The van der Waals surface area contributed by atoms with Crippen LogP contribution in [-0.2, 0) is 17.7 Å². The van der Waals surface area contributed by atoms with Crippen molar-refractivity contribution in [3.63, 3.8) is 0 Å². The van der Waals surface area contributed by atoms with Gasteiger partial charge in [-0.2, -0.15) is 14.6 Å². The highest BCUT2D eigenvalue weighted by Crippen LogP contribution is 2.20. The van der Waals surface area contributed by atoms with Crippen LogP contribution in [0.2, 0.25) is 0 Å². The molecule has 3 aromatic rings. The Hall–Kier alpha value is -2.48. The first-order valence-corrected chi connectivity index (χ1v) is 7.98. The molecule has 0 aliphatic heterocycles. The van der Waals surface area contributed by atoms with E-state index in [0.29, 0.717) is 37.2 Å². The largest absolute Gasteiger partial charge is 0.384 e. The molecule has 0 spiro atoms. The fourth-order valence-corrected chi connectivity index (χ4v) is 2.35. The van der Waals surface area contributed by atoms with Crippen LogP contribution in [-0.4, -0.2) is 38.5 Å². The number of methoxy groups -OCH3 is 1. The van der Waals surface area contributed by atoms with E-state index in [1.165, 1.54) is 0 Å². The number of hydrogen-bond donors (Lipinski definition) is 1. The van der Waals surface area contributed by atoms with Gasteiger partial charge in [-0.05, 0) is 12.8 Å². The highest BCUT2D eigenvalue weighted by molar-refractivity contribution is 5.50. The van der Waals surface area contributed by atoms with Crippen LogP contribution in [0.1, 0.15) is 42.9 Å². The summed E-state index contributed by atoms with van der Waals surface area (Å²) in [6.07, 6.45) is 0.634. The third-order valence-electron chi connectivity index (χ3n) is 3.62. The van der Waals surface area contributed by atoms with E-state index in [0.717, 1.165) is 22.9 Å². The minimum Gasteiger partial charge on any atom is -0.384 e. The highest BCUT2D eigenvalue weighted by atomic mass is 16.5. The van der Waals surface area contributed by atoms with Crippen LogP contribution < -0.4 is 5.32 Å². The Kier molecular flexibility index (Phi) is 4.75. The SMILES string of the molecule is COCCc1noc(CNc2cc(C(C)C)nc3cc(C)nn23)n1. The molecule has 0 unspecified atom stereocenters. The van der Waals surface area contributed by atoms with Crippen molar-refractivity contribution in [2.75, 3.05) is 19.0 Å². The first kappa shape index (κ1) is 16.4. The fraction of sp³-hybridized carbons (Fsp3) is 0.500. The van der Waals surface area contributed by atoms with Crippen molar-refractivity contribution >= 4 is 11.5 Å². The average molecular weight is 330 g/mol. The minimum absolute atomic E-state index is 0.329. The van der Waals surface area contributed by atoms with Crippen LogP contribution in [0.3, 0.4) is 0 Å². The zero-order valence-corrected chi connectivity index (χ0v) is 14.4. The summed E-state index contributed by atoms with van der Waals surface area (Å²) in [5, 5.41) is 11.7. The normalized spacial score (nSPS) is 11.5.